The maximum atomic E-state index is 12.8. The van der Waals surface area contributed by atoms with Gasteiger partial charge in [-0.1, -0.05) is 36.4 Å². The molecule has 0 fully saturated rings. The van der Waals surface area contributed by atoms with Gasteiger partial charge in [-0.15, -0.1) is 0 Å². The molecule has 0 saturated heterocycles. The predicted octanol–water partition coefficient (Wildman–Crippen LogP) is 3.12. The largest absolute Gasteiger partial charge is 0.354 e. The fourth-order valence-electron chi connectivity index (χ4n) is 3.58. The van der Waals surface area contributed by atoms with Crippen LogP contribution < -0.4 is 0 Å². The minimum atomic E-state index is -0.983. The molecule has 8 nitrogen and oxygen atoms in total. The molecule has 4 aromatic rings. The molecule has 3 heterocycles. The van der Waals surface area contributed by atoms with Crippen molar-refractivity contribution >= 4 is 44.8 Å². The highest BCUT2D eigenvalue weighted by molar-refractivity contribution is 6.48. The molecule has 136 valence electrons. The third-order valence-corrected chi connectivity index (χ3v) is 4.82. The van der Waals surface area contributed by atoms with Crippen molar-refractivity contribution in [2.75, 3.05) is 0 Å². The topological polar surface area (TPSA) is 112 Å². The molecule has 2 aromatic carbocycles. The molecule has 0 atom stereocenters. The lowest BCUT2D eigenvalue weighted by Crippen LogP contribution is -2.36. The fraction of sp³-hybridized carbons (Fsp3) is 0. The number of nitrogens with zero attached hydrogens (tertiary/aromatic N) is 2. The van der Waals surface area contributed by atoms with Crippen molar-refractivity contribution in [2.45, 2.75) is 0 Å². The molecule has 0 spiro atoms. The Morgan fingerprint density at radius 3 is 1.57 bits per heavy atom. The minimum Gasteiger partial charge on any atom is -0.354 e. The van der Waals surface area contributed by atoms with Crippen LogP contribution in [0.4, 0.5) is 0 Å². The normalized spacial score (nSPS) is 14.6. The van der Waals surface area contributed by atoms with Crippen molar-refractivity contribution < 1.29 is 14.6 Å². The van der Waals surface area contributed by atoms with E-state index >= 15 is 0 Å². The SMILES string of the molecule is O=C1C(c2cc3ccccc3[nH]2)=C(c2cc3ccccc3[nH]2)C(=O)N1[N+](=O)[O-]. The van der Waals surface area contributed by atoms with Crippen LogP contribution in [0.5, 0.6) is 0 Å². The number of hydrogen-bond donors (Lipinski definition) is 2. The zero-order chi connectivity index (χ0) is 19.4. The van der Waals surface area contributed by atoms with Crippen molar-refractivity contribution in [3.63, 3.8) is 0 Å². The molecule has 2 N–H and O–H groups in total. The standard InChI is InChI=1S/C20H12N4O4/c25-19-17(15-9-11-5-1-3-7-13(11)21-15)18(20(26)23(19)24(27)28)16-10-12-6-2-4-8-14(12)22-16/h1-10,21-22H. The molecular weight excluding hydrogens is 360 g/mol. The number of nitro groups is 1. The summed E-state index contributed by atoms with van der Waals surface area (Å²) in [5.41, 5.74) is 2.20. The van der Waals surface area contributed by atoms with Gasteiger partial charge < -0.3 is 9.97 Å². The number of H-pyrrole nitrogens is 2. The first kappa shape index (κ1) is 16.0. The number of amides is 2. The van der Waals surface area contributed by atoms with E-state index in [-0.39, 0.29) is 16.2 Å². The van der Waals surface area contributed by atoms with Gasteiger partial charge in [0.2, 0.25) is 0 Å². The van der Waals surface area contributed by atoms with Crippen LogP contribution in [0.2, 0.25) is 0 Å². The second-order valence-electron chi connectivity index (χ2n) is 6.45. The molecule has 0 unspecified atom stereocenters. The average Bonchev–Trinajstić information content (AvgIpc) is 3.34. The van der Waals surface area contributed by atoms with E-state index in [1.807, 2.05) is 48.5 Å². The summed E-state index contributed by atoms with van der Waals surface area (Å²) < 4.78 is 0. The summed E-state index contributed by atoms with van der Waals surface area (Å²) in [5.74, 6) is -1.93. The van der Waals surface area contributed by atoms with E-state index in [1.54, 1.807) is 12.1 Å². The molecule has 0 bridgehead atoms. The summed E-state index contributed by atoms with van der Waals surface area (Å²) in [4.78, 5) is 43.1. The number of rotatable bonds is 3. The Morgan fingerprint density at radius 2 is 1.18 bits per heavy atom. The molecule has 1 aliphatic rings. The molecule has 0 radical (unpaired) electrons. The third kappa shape index (κ3) is 2.18. The van der Waals surface area contributed by atoms with Crippen molar-refractivity contribution in [3.8, 4) is 0 Å². The van der Waals surface area contributed by atoms with E-state index in [2.05, 4.69) is 9.97 Å². The highest BCUT2D eigenvalue weighted by Gasteiger charge is 2.48. The highest BCUT2D eigenvalue weighted by atomic mass is 16.7. The number of fused-ring (bicyclic) bond motifs is 2. The Kier molecular flexibility index (Phi) is 3.23. The number of hydrogen-bond acceptors (Lipinski definition) is 4. The van der Waals surface area contributed by atoms with Gasteiger partial charge in [0.25, 0.3) is 0 Å². The van der Waals surface area contributed by atoms with E-state index in [0.29, 0.717) is 11.4 Å². The molecular formula is C20H12N4O4. The van der Waals surface area contributed by atoms with E-state index in [1.165, 1.54) is 0 Å². The number of carbonyl (C=O) groups excluding carboxylic acids is 2. The Morgan fingerprint density at radius 1 is 0.750 bits per heavy atom. The molecule has 8 heteroatoms. The summed E-state index contributed by atoms with van der Waals surface area (Å²) in [7, 11) is 0. The summed E-state index contributed by atoms with van der Waals surface area (Å²) in [5, 5.41) is 12.1. The smallest absolute Gasteiger partial charge is 0.326 e. The van der Waals surface area contributed by atoms with Gasteiger partial charge in [-0.3, -0.25) is 9.59 Å². The monoisotopic (exact) mass is 372 g/mol. The van der Waals surface area contributed by atoms with Crippen molar-refractivity contribution in [3.05, 3.63) is 82.2 Å². The number of aromatic nitrogens is 2. The first-order chi connectivity index (χ1) is 13.5. The zero-order valence-electron chi connectivity index (χ0n) is 14.3. The van der Waals surface area contributed by atoms with Gasteiger partial charge in [-0.25, -0.2) is 10.1 Å². The van der Waals surface area contributed by atoms with Gasteiger partial charge in [0.15, 0.2) is 5.03 Å². The van der Waals surface area contributed by atoms with Crippen LogP contribution >= 0.6 is 0 Å². The van der Waals surface area contributed by atoms with Gasteiger partial charge in [-0.2, -0.15) is 0 Å². The Labute approximate surface area is 157 Å². The Balaban J connectivity index is 1.79. The molecule has 0 aliphatic carbocycles. The van der Waals surface area contributed by atoms with E-state index in [9.17, 15) is 19.7 Å². The number of hydrazine groups is 1. The third-order valence-electron chi connectivity index (χ3n) is 4.82. The van der Waals surface area contributed by atoms with Crippen LogP contribution in [0, 0.1) is 10.1 Å². The molecule has 1 aliphatic heterocycles. The number of carbonyl (C=O) groups is 2. The van der Waals surface area contributed by atoms with Crippen molar-refractivity contribution in [1.29, 1.82) is 0 Å². The highest BCUT2D eigenvalue weighted by Crippen LogP contribution is 2.37. The number of imide groups is 1. The quantitative estimate of drug-likeness (QED) is 0.327. The van der Waals surface area contributed by atoms with Crippen LogP contribution in [0.1, 0.15) is 11.4 Å². The minimum absolute atomic E-state index is 0.0237. The zero-order valence-corrected chi connectivity index (χ0v) is 14.3. The molecule has 28 heavy (non-hydrogen) atoms. The average molecular weight is 372 g/mol. The van der Waals surface area contributed by atoms with Crippen molar-refractivity contribution in [2.24, 2.45) is 0 Å². The van der Waals surface area contributed by atoms with Gasteiger partial charge in [0.1, 0.15) is 0 Å². The fourth-order valence-corrected chi connectivity index (χ4v) is 3.58. The van der Waals surface area contributed by atoms with Gasteiger partial charge in [0, 0.05) is 26.8 Å². The second-order valence-corrected chi connectivity index (χ2v) is 6.45. The second kappa shape index (κ2) is 5.65. The number of benzene rings is 2. The first-order valence-electron chi connectivity index (χ1n) is 8.48. The summed E-state index contributed by atoms with van der Waals surface area (Å²) in [6.45, 7) is 0. The number of para-hydroxylation sites is 2. The van der Waals surface area contributed by atoms with E-state index in [0.717, 1.165) is 21.8 Å². The Hall–Kier alpha value is -4.20. The maximum absolute atomic E-state index is 12.8. The molecule has 2 amide bonds. The van der Waals surface area contributed by atoms with E-state index < -0.39 is 16.8 Å². The molecule has 0 saturated carbocycles. The summed E-state index contributed by atoms with van der Waals surface area (Å²) in [6.07, 6.45) is 0. The first-order valence-corrected chi connectivity index (χ1v) is 8.48. The van der Waals surface area contributed by atoms with Crippen LogP contribution in [0.25, 0.3) is 33.0 Å². The maximum Gasteiger partial charge on any atom is 0.326 e. The van der Waals surface area contributed by atoms with Crippen LogP contribution in [-0.4, -0.2) is 31.8 Å². The van der Waals surface area contributed by atoms with Gasteiger partial charge in [-0.05, 0) is 24.3 Å². The molecule has 5 rings (SSSR count). The predicted molar refractivity (Wildman–Crippen MR) is 102 cm³/mol. The molecule has 2 aromatic heterocycles. The lowest BCUT2D eigenvalue weighted by molar-refractivity contribution is -0.612. The van der Waals surface area contributed by atoms with Crippen molar-refractivity contribution in [1.82, 2.24) is 15.0 Å². The number of nitrogens with one attached hydrogen (secondary N) is 2. The number of aromatic amines is 2. The van der Waals surface area contributed by atoms with Crippen LogP contribution in [-0.2, 0) is 9.59 Å². The lowest BCUT2D eigenvalue weighted by atomic mass is 10.0. The summed E-state index contributed by atoms with van der Waals surface area (Å²) in [6, 6.07) is 18.1. The van der Waals surface area contributed by atoms with Crippen LogP contribution in [0.3, 0.4) is 0 Å². The van der Waals surface area contributed by atoms with E-state index in [4.69, 9.17) is 0 Å². The van der Waals surface area contributed by atoms with Gasteiger partial charge in [0.05, 0.1) is 22.5 Å². The van der Waals surface area contributed by atoms with Crippen LogP contribution in [0.15, 0.2) is 60.7 Å². The lowest BCUT2D eigenvalue weighted by Gasteiger charge is -2.01. The summed E-state index contributed by atoms with van der Waals surface area (Å²) >= 11 is 0. The Bertz CT molecular complexity index is 1180. The van der Waals surface area contributed by atoms with Gasteiger partial charge >= 0.3 is 11.8 Å².